The summed E-state index contributed by atoms with van der Waals surface area (Å²) < 4.78 is 6.30. The predicted octanol–water partition coefficient (Wildman–Crippen LogP) is 4.98. The van der Waals surface area contributed by atoms with Crippen LogP contribution in [-0.2, 0) is 0 Å². The smallest absolute Gasteiger partial charge is 0.269 e. The lowest BCUT2D eigenvalue weighted by molar-refractivity contribution is 0.0846. The van der Waals surface area contributed by atoms with Crippen LogP contribution in [0.25, 0.3) is 11.1 Å². The van der Waals surface area contributed by atoms with Crippen LogP contribution in [-0.4, -0.2) is 17.9 Å². The van der Waals surface area contributed by atoms with Gasteiger partial charge < -0.3 is 4.74 Å². The number of carbonyl (C=O) groups is 2. The quantitative estimate of drug-likeness (QED) is 0.536. The van der Waals surface area contributed by atoms with Crippen LogP contribution in [0, 0.1) is 0 Å². The van der Waals surface area contributed by atoms with E-state index in [1.807, 2.05) is 56.3 Å². The number of ether oxygens (including phenoxy) is 1. The number of halogens is 1. The Morgan fingerprint density at radius 1 is 0.793 bits per heavy atom. The molecule has 0 aliphatic heterocycles. The maximum absolute atomic E-state index is 12.3. The lowest BCUT2D eigenvalue weighted by Gasteiger charge is -2.13. The predicted molar refractivity (Wildman–Crippen MR) is 117 cm³/mol. The molecule has 0 aromatic heterocycles. The number of nitrogens with one attached hydrogen (secondary N) is 2. The van der Waals surface area contributed by atoms with Gasteiger partial charge in [-0.15, -0.1) is 0 Å². The van der Waals surface area contributed by atoms with E-state index in [2.05, 4.69) is 26.8 Å². The molecular formula is C23H21BrN2O3. The number of hydrazine groups is 1. The summed E-state index contributed by atoms with van der Waals surface area (Å²) in [7, 11) is 0. The molecule has 3 rings (SSSR count). The fraction of sp³-hybridized carbons (Fsp3) is 0.130. The van der Waals surface area contributed by atoms with E-state index < -0.39 is 11.8 Å². The Balaban J connectivity index is 1.60. The number of hydrogen-bond acceptors (Lipinski definition) is 3. The van der Waals surface area contributed by atoms with Crippen LogP contribution in [0.2, 0.25) is 0 Å². The number of carbonyl (C=O) groups excluding carboxylic acids is 2. The summed E-state index contributed by atoms with van der Waals surface area (Å²) in [6.45, 7) is 3.85. The summed E-state index contributed by atoms with van der Waals surface area (Å²) in [5.41, 5.74) is 7.80. The zero-order chi connectivity index (χ0) is 20.8. The minimum absolute atomic E-state index is 0.0264. The van der Waals surface area contributed by atoms with Crippen molar-refractivity contribution in [3.05, 3.63) is 88.4 Å². The van der Waals surface area contributed by atoms with Crippen molar-refractivity contribution in [1.29, 1.82) is 0 Å². The first kappa shape index (κ1) is 20.6. The van der Waals surface area contributed by atoms with E-state index in [4.69, 9.17) is 4.74 Å². The molecule has 29 heavy (non-hydrogen) atoms. The molecule has 148 valence electrons. The second-order valence-electron chi connectivity index (χ2n) is 6.66. The van der Waals surface area contributed by atoms with Crippen LogP contribution < -0.4 is 15.6 Å². The van der Waals surface area contributed by atoms with Gasteiger partial charge >= 0.3 is 0 Å². The maximum atomic E-state index is 12.3. The van der Waals surface area contributed by atoms with E-state index in [0.717, 1.165) is 11.1 Å². The highest BCUT2D eigenvalue weighted by molar-refractivity contribution is 9.10. The topological polar surface area (TPSA) is 67.4 Å². The molecule has 5 nitrogen and oxygen atoms in total. The Labute approximate surface area is 178 Å². The fourth-order valence-corrected chi connectivity index (χ4v) is 3.17. The van der Waals surface area contributed by atoms with Crippen LogP contribution in [0.3, 0.4) is 0 Å². The molecule has 0 saturated heterocycles. The summed E-state index contributed by atoms with van der Waals surface area (Å²) in [4.78, 5) is 24.6. The van der Waals surface area contributed by atoms with Crippen molar-refractivity contribution in [3.63, 3.8) is 0 Å². The molecule has 0 saturated carbocycles. The number of rotatable bonds is 5. The fourth-order valence-electron chi connectivity index (χ4n) is 2.69. The minimum Gasteiger partial charge on any atom is -0.490 e. The van der Waals surface area contributed by atoms with Crippen LogP contribution in [0.1, 0.15) is 34.6 Å². The Morgan fingerprint density at radius 2 is 1.34 bits per heavy atom. The maximum Gasteiger partial charge on any atom is 0.269 e. The van der Waals surface area contributed by atoms with Gasteiger partial charge in [0.15, 0.2) is 0 Å². The molecule has 0 aliphatic rings. The van der Waals surface area contributed by atoms with E-state index >= 15 is 0 Å². The molecule has 0 bridgehead atoms. The molecule has 0 heterocycles. The molecule has 6 heteroatoms. The number of amides is 2. The van der Waals surface area contributed by atoms with Crippen molar-refractivity contribution < 1.29 is 14.3 Å². The van der Waals surface area contributed by atoms with E-state index in [0.29, 0.717) is 21.3 Å². The molecule has 0 radical (unpaired) electrons. The van der Waals surface area contributed by atoms with E-state index in [1.54, 1.807) is 30.3 Å². The zero-order valence-corrected chi connectivity index (χ0v) is 17.7. The summed E-state index contributed by atoms with van der Waals surface area (Å²) in [6, 6.07) is 22.1. The van der Waals surface area contributed by atoms with E-state index in [9.17, 15) is 9.59 Å². The highest BCUT2D eigenvalue weighted by Gasteiger charge is 2.12. The molecule has 0 spiro atoms. The molecule has 3 aromatic rings. The molecule has 3 aromatic carbocycles. The van der Waals surface area contributed by atoms with E-state index in [-0.39, 0.29) is 6.10 Å². The van der Waals surface area contributed by atoms with Crippen molar-refractivity contribution in [2.75, 3.05) is 0 Å². The summed E-state index contributed by atoms with van der Waals surface area (Å²) in [5.74, 6) is -0.160. The highest BCUT2D eigenvalue weighted by atomic mass is 79.9. The summed E-state index contributed by atoms with van der Waals surface area (Å²) in [6.07, 6.45) is 0.0264. The Kier molecular flexibility index (Phi) is 6.67. The summed E-state index contributed by atoms with van der Waals surface area (Å²) in [5, 5.41) is 0. The van der Waals surface area contributed by atoms with Gasteiger partial charge in [0.2, 0.25) is 0 Å². The van der Waals surface area contributed by atoms with Crippen molar-refractivity contribution in [3.8, 4) is 16.9 Å². The van der Waals surface area contributed by atoms with Crippen LogP contribution >= 0.6 is 15.9 Å². The van der Waals surface area contributed by atoms with Gasteiger partial charge in [-0.05, 0) is 71.2 Å². The largest absolute Gasteiger partial charge is 0.490 e. The number of hydrogen-bond donors (Lipinski definition) is 2. The Hall–Kier alpha value is -3.12. The SMILES string of the molecule is CC(C)Oc1ccc(C(=O)NNC(=O)c2ccc(-c3ccccc3)cc2)cc1Br. The van der Waals surface area contributed by atoms with Gasteiger partial charge in [0.05, 0.1) is 10.6 Å². The molecule has 2 amide bonds. The average molecular weight is 453 g/mol. The van der Waals surface area contributed by atoms with Crippen LogP contribution in [0.4, 0.5) is 0 Å². The molecule has 2 N–H and O–H groups in total. The van der Waals surface area contributed by atoms with Crippen molar-refractivity contribution in [1.82, 2.24) is 10.9 Å². The molecule has 0 aliphatic carbocycles. The van der Waals surface area contributed by atoms with Crippen molar-refractivity contribution in [2.24, 2.45) is 0 Å². The molecular weight excluding hydrogens is 432 g/mol. The monoisotopic (exact) mass is 452 g/mol. The molecule has 0 atom stereocenters. The van der Waals surface area contributed by atoms with Gasteiger partial charge in [-0.25, -0.2) is 0 Å². The van der Waals surface area contributed by atoms with Crippen molar-refractivity contribution >= 4 is 27.7 Å². The highest BCUT2D eigenvalue weighted by Crippen LogP contribution is 2.27. The first-order chi connectivity index (χ1) is 13.9. The third-order valence-corrected chi connectivity index (χ3v) is 4.72. The minimum atomic E-state index is -0.420. The van der Waals surface area contributed by atoms with Crippen LogP contribution in [0.15, 0.2) is 77.3 Å². The Bertz CT molecular complexity index is 1000. The Morgan fingerprint density at radius 3 is 1.93 bits per heavy atom. The average Bonchev–Trinajstić information content (AvgIpc) is 2.73. The van der Waals surface area contributed by atoms with Crippen LogP contribution in [0.5, 0.6) is 5.75 Å². The van der Waals surface area contributed by atoms with Gasteiger partial charge in [-0.3, -0.25) is 20.4 Å². The first-order valence-corrected chi connectivity index (χ1v) is 9.95. The third kappa shape index (κ3) is 5.45. The van der Waals surface area contributed by atoms with Gasteiger partial charge in [-0.2, -0.15) is 0 Å². The molecule has 0 fully saturated rings. The van der Waals surface area contributed by atoms with Gasteiger partial charge in [0.1, 0.15) is 5.75 Å². The standard InChI is InChI=1S/C23H21BrN2O3/c1-15(2)29-21-13-12-19(14-20(21)24)23(28)26-25-22(27)18-10-8-17(9-11-18)16-6-4-3-5-7-16/h3-15H,1-2H3,(H,25,27)(H,26,28). The summed E-state index contributed by atoms with van der Waals surface area (Å²) >= 11 is 3.39. The van der Waals surface area contributed by atoms with Crippen molar-refractivity contribution in [2.45, 2.75) is 20.0 Å². The van der Waals surface area contributed by atoms with E-state index in [1.165, 1.54) is 0 Å². The lowest BCUT2D eigenvalue weighted by atomic mass is 10.0. The second kappa shape index (κ2) is 9.39. The third-order valence-electron chi connectivity index (χ3n) is 4.10. The van der Waals surface area contributed by atoms with Gasteiger partial charge in [0, 0.05) is 11.1 Å². The number of benzene rings is 3. The normalized spacial score (nSPS) is 10.5. The molecule has 0 unspecified atom stereocenters. The first-order valence-electron chi connectivity index (χ1n) is 9.16. The van der Waals surface area contributed by atoms with Gasteiger partial charge in [-0.1, -0.05) is 42.5 Å². The van der Waals surface area contributed by atoms with Gasteiger partial charge in [0.25, 0.3) is 11.8 Å². The second-order valence-corrected chi connectivity index (χ2v) is 7.52. The zero-order valence-electron chi connectivity index (χ0n) is 16.1. The lowest BCUT2D eigenvalue weighted by Crippen LogP contribution is -2.41.